The fourth-order valence-corrected chi connectivity index (χ4v) is 2.82. The molecule has 7 nitrogen and oxygen atoms in total. The number of ether oxygens (including phenoxy) is 2. The minimum absolute atomic E-state index is 0.119. The number of carboxylic acid groups (broad SMARTS) is 1. The number of anilines is 1. The van der Waals surface area contributed by atoms with Crippen molar-refractivity contribution in [2.24, 2.45) is 0 Å². The van der Waals surface area contributed by atoms with Crippen LogP contribution >= 0.6 is 11.6 Å². The third kappa shape index (κ3) is 7.15. The van der Waals surface area contributed by atoms with E-state index in [1.165, 1.54) is 12.1 Å². The average Bonchev–Trinajstić information content (AvgIpc) is 2.65. The topological polar surface area (TPSA) is 96.9 Å². The number of nitrogens with one attached hydrogen (secondary N) is 2. The van der Waals surface area contributed by atoms with Crippen molar-refractivity contribution in [1.82, 2.24) is 5.32 Å². The lowest BCUT2D eigenvalue weighted by Crippen LogP contribution is -2.43. The molecule has 0 aromatic heterocycles. The Bertz CT molecular complexity index is 909. The molecule has 0 atom stereocenters. The Balaban J connectivity index is 2.08. The van der Waals surface area contributed by atoms with Crippen LogP contribution in [-0.4, -0.2) is 35.7 Å². The molecule has 0 fully saturated rings. The number of hydrogen-bond acceptors (Lipinski definition) is 5. The van der Waals surface area contributed by atoms with E-state index in [-0.39, 0.29) is 23.6 Å². The lowest BCUT2D eigenvalue weighted by atomic mass is 10.1. The third-order valence-corrected chi connectivity index (χ3v) is 4.21. The van der Waals surface area contributed by atoms with E-state index in [0.29, 0.717) is 35.4 Å². The molecule has 0 unspecified atom stereocenters. The molecule has 0 heterocycles. The molecule has 0 spiro atoms. The van der Waals surface area contributed by atoms with Gasteiger partial charge in [-0.2, -0.15) is 0 Å². The molecule has 30 heavy (non-hydrogen) atoms. The highest BCUT2D eigenvalue weighted by Gasteiger charge is 2.15. The second-order valence-electron chi connectivity index (χ2n) is 7.65. The zero-order chi connectivity index (χ0) is 22.3. The summed E-state index contributed by atoms with van der Waals surface area (Å²) in [6.45, 7) is 8.27. The van der Waals surface area contributed by atoms with Crippen molar-refractivity contribution in [3.8, 4) is 11.5 Å². The summed E-state index contributed by atoms with van der Waals surface area (Å²) in [5.41, 5.74) is 1.21. The van der Waals surface area contributed by atoms with Gasteiger partial charge in [0.2, 0.25) is 0 Å². The summed E-state index contributed by atoms with van der Waals surface area (Å²) in [6, 6.07) is 9.86. The zero-order valence-electron chi connectivity index (χ0n) is 17.5. The summed E-state index contributed by atoms with van der Waals surface area (Å²) in [5, 5.41) is 15.5. The van der Waals surface area contributed by atoms with Crippen LogP contribution in [0.3, 0.4) is 0 Å². The van der Waals surface area contributed by atoms with E-state index in [4.69, 9.17) is 26.2 Å². The van der Waals surface area contributed by atoms with Gasteiger partial charge in [-0.05, 0) is 63.6 Å². The Labute approximate surface area is 181 Å². The van der Waals surface area contributed by atoms with Gasteiger partial charge in [0.15, 0.2) is 18.1 Å². The van der Waals surface area contributed by atoms with Gasteiger partial charge in [-0.3, -0.25) is 4.79 Å². The fraction of sp³-hybridized carbons (Fsp3) is 0.364. The highest BCUT2D eigenvalue weighted by molar-refractivity contribution is 6.33. The first kappa shape index (κ1) is 23.3. The summed E-state index contributed by atoms with van der Waals surface area (Å²) in [5.74, 6) is -0.254. The van der Waals surface area contributed by atoms with Crippen molar-refractivity contribution < 1.29 is 24.2 Å². The molecule has 2 rings (SSSR count). The summed E-state index contributed by atoms with van der Waals surface area (Å²) >= 11 is 6.15. The van der Waals surface area contributed by atoms with E-state index in [1.54, 1.807) is 12.1 Å². The van der Waals surface area contributed by atoms with Crippen LogP contribution < -0.4 is 20.1 Å². The van der Waals surface area contributed by atoms with Crippen LogP contribution in [0.1, 0.15) is 43.6 Å². The number of benzene rings is 2. The number of amides is 1. The summed E-state index contributed by atoms with van der Waals surface area (Å²) in [6.07, 6.45) is 0. The van der Waals surface area contributed by atoms with Gasteiger partial charge in [-0.25, -0.2) is 4.79 Å². The molecule has 0 bridgehead atoms. The summed E-state index contributed by atoms with van der Waals surface area (Å²) in [4.78, 5) is 23.1. The monoisotopic (exact) mass is 434 g/mol. The Morgan fingerprint density at radius 1 is 1.07 bits per heavy atom. The lowest BCUT2D eigenvalue weighted by Gasteiger charge is -2.21. The van der Waals surface area contributed by atoms with Gasteiger partial charge in [0.05, 0.1) is 22.9 Å². The van der Waals surface area contributed by atoms with E-state index >= 15 is 0 Å². The van der Waals surface area contributed by atoms with Crippen LogP contribution in [0.4, 0.5) is 5.69 Å². The number of carbonyl (C=O) groups excluding carboxylic acids is 1. The van der Waals surface area contributed by atoms with E-state index in [1.807, 2.05) is 39.8 Å². The molecule has 2 aromatic carbocycles. The van der Waals surface area contributed by atoms with Crippen molar-refractivity contribution in [3.05, 3.63) is 52.5 Å². The van der Waals surface area contributed by atoms with Gasteiger partial charge in [-0.15, -0.1) is 0 Å². The molecule has 0 saturated carbocycles. The molecule has 162 valence electrons. The molecule has 0 radical (unpaired) electrons. The molecule has 0 aliphatic rings. The molecular formula is C22H27ClN2O5. The summed E-state index contributed by atoms with van der Waals surface area (Å²) in [7, 11) is 0. The maximum Gasteiger partial charge on any atom is 0.335 e. The van der Waals surface area contributed by atoms with E-state index in [9.17, 15) is 9.59 Å². The second kappa shape index (κ2) is 10.2. The van der Waals surface area contributed by atoms with Gasteiger partial charge in [0.1, 0.15) is 0 Å². The largest absolute Gasteiger partial charge is 0.490 e. The summed E-state index contributed by atoms with van der Waals surface area (Å²) < 4.78 is 11.3. The quantitative estimate of drug-likeness (QED) is 0.543. The molecule has 0 saturated heterocycles. The lowest BCUT2D eigenvalue weighted by molar-refractivity contribution is -0.124. The predicted octanol–water partition coefficient (Wildman–Crippen LogP) is 4.34. The minimum Gasteiger partial charge on any atom is -0.490 e. The Morgan fingerprint density at radius 3 is 2.43 bits per heavy atom. The second-order valence-corrected chi connectivity index (χ2v) is 8.06. The number of carbonyl (C=O) groups is 2. The van der Waals surface area contributed by atoms with Crippen LogP contribution in [0.5, 0.6) is 11.5 Å². The van der Waals surface area contributed by atoms with Crippen molar-refractivity contribution in [3.63, 3.8) is 0 Å². The fourth-order valence-electron chi connectivity index (χ4n) is 2.64. The highest BCUT2D eigenvalue weighted by Crippen LogP contribution is 2.30. The van der Waals surface area contributed by atoms with Crippen LogP contribution in [0.2, 0.25) is 5.02 Å². The number of hydrogen-bond donors (Lipinski definition) is 3. The first-order valence-corrected chi connectivity index (χ1v) is 9.93. The van der Waals surface area contributed by atoms with Crippen LogP contribution in [0.25, 0.3) is 0 Å². The van der Waals surface area contributed by atoms with Gasteiger partial charge in [0, 0.05) is 12.1 Å². The Kier molecular flexibility index (Phi) is 7.94. The maximum absolute atomic E-state index is 12.0. The predicted molar refractivity (Wildman–Crippen MR) is 117 cm³/mol. The number of aromatic carboxylic acids is 1. The molecule has 8 heteroatoms. The zero-order valence-corrected chi connectivity index (χ0v) is 18.3. The first-order chi connectivity index (χ1) is 14.1. The smallest absolute Gasteiger partial charge is 0.335 e. The number of rotatable bonds is 9. The van der Waals surface area contributed by atoms with Gasteiger partial charge >= 0.3 is 5.97 Å². The Hall–Kier alpha value is -2.93. The molecule has 1 amide bonds. The van der Waals surface area contributed by atoms with Crippen molar-refractivity contribution >= 4 is 29.2 Å². The molecule has 0 aliphatic heterocycles. The third-order valence-electron chi connectivity index (χ3n) is 3.88. The van der Waals surface area contributed by atoms with Crippen molar-refractivity contribution in [2.75, 3.05) is 18.5 Å². The maximum atomic E-state index is 12.0. The molecule has 3 N–H and O–H groups in total. The highest BCUT2D eigenvalue weighted by atomic mass is 35.5. The SMILES string of the molecule is CCOc1cc(CNc2cc(C(=O)O)ccc2Cl)ccc1OCC(=O)NC(C)(C)C. The molecule has 2 aromatic rings. The van der Waals surface area contributed by atoms with Crippen LogP contribution in [0.15, 0.2) is 36.4 Å². The van der Waals surface area contributed by atoms with Gasteiger partial charge < -0.3 is 25.2 Å². The normalized spacial score (nSPS) is 11.0. The average molecular weight is 435 g/mol. The molecular weight excluding hydrogens is 408 g/mol. The number of halogens is 1. The van der Waals surface area contributed by atoms with Crippen LogP contribution in [0, 0.1) is 0 Å². The first-order valence-electron chi connectivity index (χ1n) is 9.55. The van der Waals surface area contributed by atoms with Gasteiger partial charge in [-0.1, -0.05) is 17.7 Å². The van der Waals surface area contributed by atoms with E-state index in [0.717, 1.165) is 5.56 Å². The van der Waals surface area contributed by atoms with Gasteiger partial charge in [0.25, 0.3) is 5.91 Å². The standard InChI is InChI=1S/C22H27ClN2O5/c1-5-29-19-10-14(6-9-18(19)30-13-20(26)25-22(2,3)4)12-24-17-11-15(21(27)28)7-8-16(17)23/h6-11,24H,5,12-13H2,1-4H3,(H,25,26)(H,27,28). The van der Waals surface area contributed by atoms with Crippen LogP contribution in [-0.2, 0) is 11.3 Å². The molecule has 0 aliphatic carbocycles. The number of carboxylic acids is 1. The van der Waals surface area contributed by atoms with E-state index < -0.39 is 5.97 Å². The van der Waals surface area contributed by atoms with Crippen molar-refractivity contribution in [2.45, 2.75) is 39.8 Å². The Morgan fingerprint density at radius 2 is 1.80 bits per heavy atom. The minimum atomic E-state index is -1.02. The van der Waals surface area contributed by atoms with E-state index in [2.05, 4.69) is 10.6 Å². The van der Waals surface area contributed by atoms with Crippen molar-refractivity contribution in [1.29, 1.82) is 0 Å².